The number of hydrogen-bond acceptors (Lipinski definition) is 8. The van der Waals surface area contributed by atoms with Crippen LogP contribution in [0.2, 0.25) is 0 Å². The van der Waals surface area contributed by atoms with Crippen LogP contribution in [0.5, 0.6) is 0 Å². The Kier molecular flexibility index (Phi) is 5.11. The molecule has 1 amide bonds. The number of Topliss-reactive ketones (excluding diaryl/α,β-unsaturated/α-hetero) is 1. The summed E-state index contributed by atoms with van der Waals surface area (Å²) in [5.41, 5.74) is -4.73. The topological polar surface area (TPSA) is 122 Å². The maximum absolute atomic E-state index is 17.2. The second-order valence-corrected chi connectivity index (χ2v) is 12.2. The van der Waals surface area contributed by atoms with E-state index in [1.807, 2.05) is 13.8 Å². The molecule has 4 aliphatic rings. The molecule has 37 heavy (non-hydrogen) atoms. The molecular weight excluding hydrogens is 497 g/mol. The van der Waals surface area contributed by atoms with Crippen molar-refractivity contribution in [1.29, 1.82) is 0 Å². The molecule has 3 fully saturated rings. The van der Waals surface area contributed by atoms with Gasteiger partial charge in [0.05, 0.1) is 11.9 Å². The average Bonchev–Trinajstić information content (AvgIpc) is 3.58. The van der Waals surface area contributed by atoms with E-state index in [2.05, 4.69) is 15.3 Å². The Morgan fingerprint density at radius 1 is 1.30 bits per heavy atom. The number of thiazole rings is 1. The zero-order chi connectivity index (χ0) is 26.4. The van der Waals surface area contributed by atoms with E-state index in [0.717, 1.165) is 6.39 Å². The normalized spacial score (nSPS) is 40.6. The van der Waals surface area contributed by atoms with E-state index < -0.39 is 39.7 Å². The molecule has 0 saturated heterocycles. The van der Waals surface area contributed by atoms with Crippen molar-refractivity contribution < 1.29 is 28.3 Å². The molecule has 2 heterocycles. The number of nitrogens with zero attached hydrogens (tertiary/aromatic N) is 2. The van der Waals surface area contributed by atoms with Gasteiger partial charge in [0.15, 0.2) is 28.8 Å². The highest BCUT2D eigenvalue weighted by molar-refractivity contribution is 7.14. The molecule has 0 spiro atoms. The molecular formula is C27H28FN3O5S. The maximum atomic E-state index is 17.2. The quantitative estimate of drug-likeness (QED) is 0.609. The number of hydrogen-bond donors (Lipinski definition) is 2. The lowest BCUT2D eigenvalue weighted by atomic mass is 9.45. The van der Waals surface area contributed by atoms with Crippen LogP contribution >= 0.6 is 11.3 Å². The van der Waals surface area contributed by atoms with Gasteiger partial charge in [0, 0.05) is 28.5 Å². The molecule has 0 bridgehead atoms. The third-order valence-electron chi connectivity index (χ3n) is 9.76. The first-order chi connectivity index (χ1) is 17.4. The Morgan fingerprint density at radius 3 is 2.81 bits per heavy atom. The number of rotatable bonds is 3. The summed E-state index contributed by atoms with van der Waals surface area (Å²) in [5.74, 6) is -2.36. The van der Waals surface area contributed by atoms with Crippen molar-refractivity contribution in [3.05, 3.63) is 53.2 Å². The van der Waals surface area contributed by atoms with E-state index in [-0.39, 0.29) is 34.9 Å². The van der Waals surface area contributed by atoms with Crippen LogP contribution in [0, 0.1) is 28.6 Å². The molecule has 0 aromatic carbocycles. The standard InChI is InChI=1S/C27H28FN3O5S/c1-14-8-18-17-5-4-15-9-16(32)6-7-24(15,2)26(17,28)21(33)10-25(18,3)27(14,35)20-12-37-23(30-20)31-22(34)19-11-29-13-36-19/h6-7,9,11-14,17-18,35H,4-5,8,10H2,1-3H3,(H,30,31,34)/t14-,17+,18+,24+,25+,26+,27+/m1/s1. The summed E-state index contributed by atoms with van der Waals surface area (Å²) in [6.07, 6.45) is 8.23. The van der Waals surface area contributed by atoms with Gasteiger partial charge >= 0.3 is 0 Å². The summed E-state index contributed by atoms with van der Waals surface area (Å²) in [4.78, 5) is 46.5. The average molecular weight is 526 g/mol. The third-order valence-corrected chi connectivity index (χ3v) is 10.5. The molecule has 3 saturated carbocycles. The molecule has 0 radical (unpaired) electrons. The first kappa shape index (κ1) is 24.4. The van der Waals surface area contributed by atoms with E-state index in [4.69, 9.17) is 4.42 Å². The molecule has 6 rings (SSSR count). The van der Waals surface area contributed by atoms with Crippen LogP contribution in [0.3, 0.4) is 0 Å². The highest BCUT2D eigenvalue weighted by Gasteiger charge is 2.75. The van der Waals surface area contributed by atoms with Crippen molar-refractivity contribution in [3.63, 3.8) is 0 Å². The van der Waals surface area contributed by atoms with Gasteiger partial charge in [-0.2, -0.15) is 0 Å². The van der Waals surface area contributed by atoms with Crippen LogP contribution in [-0.2, 0) is 15.2 Å². The molecule has 2 N–H and O–H groups in total. The number of fused-ring (bicyclic) bond motifs is 5. The van der Waals surface area contributed by atoms with Crippen molar-refractivity contribution in [2.24, 2.45) is 28.6 Å². The largest absolute Gasteiger partial charge is 0.438 e. The van der Waals surface area contributed by atoms with E-state index in [1.165, 1.54) is 29.7 Å². The van der Waals surface area contributed by atoms with Crippen molar-refractivity contribution >= 4 is 33.9 Å². The van der Waals surface area contributed by atoms with E-state index in [1.54, 1.807) is 18.4 Å². The Labute approximate surface area is 217 Å². The van der Waals surface area contributed by atoms with Gasteiger partial charge in [-0.3, -0.25) is 19.7 Å². The number of carbonyl (C=O) groups is 3. The zero-order valence-corrected chi connectivity index (χ0v) is 21.6. The van der Waals surface area contributed by atoms with Gasteiger partial charge in [-0.05, 0) is 50.2 Å². The fourth-order valence-corrected chi connectivity index (χ4v) is 8.57. The van der Waals surface area contributed by atoms with Crippen LogP contribution < -0.4 is 5.32 Å². The smallest absolute Gasteiger partial charge is 0.294 e. The Morgan fingerprint density at radius 2 is 2.08 bits per heavy atom. The number of alkyl halides is 1. The van der Waals surface area contributed by atoms with E-state index in [9.17, 15) is 19.5 Å². The van der Waals surface area contributed by atoms with Gasteiger partial charge in [0.25, 0.3) is 5.91 Å². The van der Waals surface area contributed by atoms with Gasteiger partial charge < -0.3 is 9.52 Å². The van der Waals surface area contributed by atoms with Gasteiger partial charge in [0.2, 0.25) is 5.76 Å². The lowest BCUT2D eigenvalue weighted by molar-refractivity contribution is -0.185. The summed E-state index contributed by atoms with van der Waals surface area (Å²) in [7, 11) is 0. The first-order valence-electron chi connectivity index (χ1n) is 12.5. The van der Waals surface area contributed by atoms with Crippen molar-refractivity contribution in [3.8, 4) is 0 Å². The summed E-state index contributed by atoms with van der Waals surface area (Å²) < 4.78 is 22.2. The number of oxazole rings is 1. The molecule has 2 aromatic rings. The molecule has 10 heteroatoms. The number of ketones is 2. The Balaban J connectivity index is 1.36. The summed E-state index contributed by atoms with van der Waals surface area (Å²) in [6.45, 7) is 5.51. The van der Waals surface area contributed by atoms with Gasteiger partial charge in [-0.15, -0.1) is 11.3 Å². The number of aromatic nitrogens is 2. The minimum atomic E-state index is -2.15. The predicted octanol–water partition coefficient (Wildman–Crippen LogP) is 4.40. The minimum Gasteiger partial charge on any atom is -0.438 e. The molecule has 8 nitrogen and oxygen atoms in total. The predicted molar refractivity (Wildman–Crippen MR) is 132 cm³/mol. The van der Waals surface area contributed by atoms with Crippen molar-refractivity contribution in [1.82, 2.24) is 9.97 Å². The molecule has 0 unspecified atom stereocenters. The second kappa shape index (κ2) is 7.77. The number of allylic oxidation sites excluding steroid dienone is 4. The summed E-state index contributed by atoms with van der Waals surface area (Å²) >= 11 is 1.17. The highest BCUT2D eigenvalue weighted by Crippen LogP contribution is 2.71. The number of aliphatic hydroxyl groups is 1. The van der Waals surface area contributed by atoms with Crippen molar-refractivity contribution in [2.45, 2.75) is 57.7 Å². The van der Waals surface area contributed by atoms with Crippen LogP contribution in [0.25, 0.3) is 0 Å². The fraction of sp³-hybridized carbons (Fsp3) is 0.519. The lowest BCUT2D eigenvalue weighted by Gasteiger charge is -2.59. The van der Waals surface area contributed by atoms with Gasteiger partial charge in [-0.25, -0.2) is 14.4 Å². The Bertz CT molecular complexity index is 1380. The SMILES string of the molecule is C[C@@H]1C[C@H]2[C@@H]3CCC4=CC(=O)C=C[C@]4(C)[C@@]3(F)C(=O)C[C@]2(C)[C@@]1(O)c1csc(NC(=O)c2cnco2)n1. The molecule has 194 valence electrons. The van der Waals surface area contributed by atoms with Gasteiger partial charge in [0.1, 0.15) is 5.60 Å². The second-order valence-electron chi connectivity index (χ2n) is 11.3. The van der Waals surface area contributed by atoms with Crippen LogP contribution in [0.1, 0.15) is 62.7 Å². The number of nitrogens with one attached hydrogen (secondary N) is 1. The molecule has 0 aliphatic heterocycles. The maximum Gasteiger partial charge on any atom is 0.294 e. The van der Waals surface area contributed by atoms with Crippen LogP contribution in [-0.4, -0.2) is 38.2 Å². The molecule has 7 atom stereocenters. The van der Waals surface area contributed by atoms with Crippen LogP contribution in [0.4, 0.5) is 9.52 Å². The number of carbonyl (C=O) groups excluding carboxylic acids is 3. The zero-order valence-electron chi connectivity index (χ0n) is 20.8. The van der Waals surface area contributed by atoms with Crippen molar-refractivity contribution in [2.75, 3.05) is 5.32 Å². The Hall–Kier alpha value is -2.98. The van der Waals surface area contributed by atoms with Crippen LogP contribution in [0.15, 0.2) is 46.2 Å². The number of anilines is 1. The number of halogens is 1. The van der Waals surface area contributed by atoms with E-state index >= 15 is 4.39 Å². The number of amides is 1. The molecule has 4 aliphatic carbocycles. The summed E-state index contributed by atoms with van der Waals surface area (Å²) in [6, 6.07) is 0. The van der Waals surface area contributed by atoms with Gasteiger partial charge in [-0.1, -0.05) is 25.5 Å². The minimum absolute atomic E-state index is 0.0339. The summed E-state index contributed by atoms with van der Waals surface area (Å²) in [5, 5.41) is 16.9. The van der Waals surface area contributed by atoms with E-state index in [0.29, 0.717) is 30.5 Å². The monoisotopic (exact) mass is 525 g/mol. The fourth-order valence-electron chi connectivity index (χ4n) is 7.81. The third kappa shape index (κ3) is 2.99. The lowest BCUT2D eigenvalue weighted by Crippen LogP contribution is -2.66. The highest BCUT2D eigenvalue weighted by atomic mass is 32.1. The first-order valence-corrected chi connectivity index (χ1v) is 13.4. The molecule has 2 aromatic heterocycles.